The molecule has 3 aromatic carbocycles. The Balaban J connectivity index is 0.000000166. The summed E-state index contributed by atoms with van der Waals surface area (Å²) in [6, 6.07) is 22.6. The van der Waals surface area contributed by atoms with Gasteiger partial charge >= 0.3 is 6.36 Å². The number of aliphatic hydroxyl groups is 1. The average molecular weight is 461 g/mol. The Morgan fingerprint density at radius 2 is 1.44 bits per heavy atom. The van der Waals surface area contributed by atoms with E-state index in [1.54, 1.807) is 0 Å². The summed E-state index contributed by atoms with van der Waals surface area (Å²) < 4.78 is 41.0. The number of benzene rings is 3. The van der Waals surface area contributed by atoms with Crippen molar-refractivity contribution in [3.8, 4) is 5.75 Å². The van der Waals surface area contributed by atoms with E-state index in [1.807, 2.05) is 0 Å². The van der Waals surface area contributed by atoms with Gasteiger partial charge in [-0.15, -0.1) is 13.2 Å². The molecule has 0 amide bonds. The molecule has 168 valence electrons. The molecular weight excluding hydrogens is 437 g/mol. The molecule has 0 aliphatic heterocycles. The maximum Gasteiger partial charge on any atom is 0.573 e. The molecule has 0 saturated heterocycles. The monoisotopic (exact) mass is 460 g/mol. The molecule has 4 nitrogen and oxygen atoms in total. The van der Waals surface area contributed by atoms with E-state index in [2.05, 4.69) is 57.8 Å². The minimum atomic E-state index is -4.64. The van der Waals surface area contributed by atoms with Crippen LogP contribution in [0.2, 0.25) is 0 Å². The summed E-state index contributed by atoms with van der Waals surface area (Å²) in [7, 11) is 0. The molecule has 3 N–H and O–H groups in total. The molecule has 1 aromatic heterocycles. The lowest BCUT2D eigenvalue weighted by Gasteiger charge is -2.19. The number of aromatic nitrogens is 1. The Hall–Kier alpha value is -2.68. The van der Waals surface area contributed by atoms with Crippen molar-refractivity contribution in [1.82, 2.24) is 4.57 Å². The summed E-state index contributed by atoms with van der Waals surface area (Å²) in [6.07, 6.45) is -1.74. The van der Waals surface area contributed by atoms with E-state index in [0.717, 1.165) is 31.2 Å². The van der Waals surface area contributed by atoms with E-state index in [0.29, 0.717) is 4.90 Å². The highest BCUT2D eigenvalue weighted by Crippen LogP contribution is 2.38. The highest BCUT2D eigenvalue weighted by molar-refractivity contribution is 7.97. The van der Waals surface area contributed by atoms with Gasteiger partial charge in [-0.05, 0) is 67.6 Å². The SMILES string of the molecule is NSc1ccc(OC(F)(F)F)cc1.O[C@H]1CCC[C@@H]1n1c2ccccc2c2ccccc21. The summed E-state index contributed by atoms with van der Waals surface area (Å²) in [6.45, 7) is 0. The quantitative estimate of drug-likeness (QED) is 0.346. The molecule has 5 rings (SSSR count). The smallest absolute Gasteiger partial charge is 0.406 e. The van der Waals surface area contributed by atoms with E-state index >= 15 is 0 Å². The molecule has 8 heteroatoms. The van der Waals surface area contributed by atoms with Crippen LogP contribution in [0.25, 0.3) is 21.8 Å². The van der Waals surface area contributed by atoms with Gasteiger partial charge in [-0.25, -0.2) is 0 Å². The van der Waals surface area contributed by atoms with Crippen LogP contribution in [0.5, 0.6) is 5.75 Å². The molecule has 32 heavy (non-hydrogen) atoms. The maximum absolute atomic E-state index is 11.7. The Morgan fingerprint density at radius 3 is 1.91 bits per heavy atom. The number of fused-ring (bicyclic) bond motifs is 3. The topological polar surface area (TPSA) is 60.4 Å². The van der Waals surface area contributed by atoms with E-state index < -0.39 is 6.36 Å². The van der Waals surface area contributed by atoms with E-state index in [1.165, 1.54) is 46.1 Å². The van der Waals surface area contributed by atoms with Crippen molar-refractivity contribution in [2.75, 3.05) is 0 Å². The summed E-state index contributed by atoms with van der Waals surface area (Å²) in [5.41, 5.74) is 2.49. The molecule has 0 bridgehead atoms. The lowest BCUT2D eigenvalue weighted by molar-refractivity contribution is -0.274. The van der Waals surface area contributed by atoms with Crippen molar-refractivity contribution in [1.29, 1.82) is 0 Å². The van der Waals surface area contributed by atoms with Crippen molar-refractivity contribution in [2.45, 2.75) is 42.7 Å². The average Bonchev–Trinajstić information content (AvgIpc) is 3.34. The highest BCUT2D eigenvalue weighted by Gasteiger charge is 2.31. The number of para-hydroxylation sites is 2. The Morgan fingerprint density at radius 1 is 0.875 bits per heavy atom. The first-order valence-electron chi connectivity index (χ1n) is 10.3. The van der Waals surface area contributed by atoms with Gasteiger partial charge in [0.2, 0.25) is 0 Å². The largest absolute Gasteiger partial charge is 0.573 e. The van der Waals surface area contributed by atoms with Gasteiger partial charge in [-0.1, -0.05) is 36.4 Å². The van der Waals surface area contributed by atoms with E-state index in [-0.39, 0.29) is 17.9 Å². The van der Waals surface area contributed by atoms with Gasteiger partial charge in [0, 0.05) is 26.7 Å². The molecule has 0 radical (unpaired) electrons. The summed E-state index contributed by atoms with van der Waals surface area (Å²) in [5, 5.41) is 18.0. The van der Waals surface area contributed by atoms with Crippen molar-refractivity contribution in [3.63, 3.8) is 0 Å². The summed E-state index contributed by atoms with van der Waals surface area (Å²) in [4.78, 5) is 0.675. The van der Waals surface area contributed by atoms with E-state index in [4.69, 9.17) is 5.14 Å². The number of hydrogen-bond donors (Lipinski definition) is 2. The standard InChI is InChI=1S/C17H17NO.C7H6F3NOS/c19-17-11-5-10-16(17)18-14-8-3-1-6-12(14)13-7-2-4-9-15(13)18;8-7(9,10)12-5-1-3-6(13-11)4-2-5/h1-4,6-9,16-17,19H,5,10-11H2;1-4H,11H2/t16-,17-;/m0./s1. The van der Waals surface area contributed by atoms with Gasteiger partial charge in [0.25, 0.3) is 0 Å². The molecule has 4 aromatic rings. The van der Waals surface area contributed by atoms with Crippen LogP contribution in [0.3, 0.4) is 0 Å². The number of hydrogen-bond acceptors (Lipinski definition) is 4. The molecular formula is C24H23F3N2O2S. The van der Waals surface area contributed by atoms with Gasteiger partial charge < -0.3 is 14.4 Å². The van der Waals surface area contributed by atoms with Gasteiger partial charge in [0.05, 0.1) is 12.1 Å². The zero-order valence-electron chi connectivity index (χ0n) is 17.1. The Labute approximate surface area is 187 Å². The number of nitrogens with two attached hydrogens (primary N) is 1. The van der Waals surface area contributed by atoms with Gasteiger partial charge in [-0.2, -0.15) is 0 Å². The van der Waals surface area contributed by atoms with Crippen LogP contribution in [0.1, 0.15) is 25.3 Å². The lowest BCUT2D eigenvalue weighted by atomic mass is 10.2. The van der Waals surface area contributed by atoms with Crippen molar-refractivity contribution < 1.29 is 23.0 Å². The predicted octanol–water partition coefficient (Wildman–Crippen LogP) is 6.43. The third-order valence-corrected chi connectivity index (χ3v) is 6.13. The van der Waals surface area contributed by atoms with Crippen LogP contribution in [-0.2, 0) is 0 Å². The lowest BCUT2D eigenvalue weighted by Crippen LogP contribution is -2.17. The van der Waals surface area contributed by atoms with Gasteiger partial charge in [0.1, 0.15) is 5.75 Å². The van der Waals surface area contributed by atoms with Crippen LogP contribution >= 0.6 is 11.9 Å². The van der Waals surface area contributed by atoms with Crippen LogP contribution in [0.15, 0.2) is 77.7 Å². The summed E-state index contributed by atoms with van der Waals surface area (Å²) in [5.74, 6) is -0.245. The summed E-state index contributed by atoms with van der Waals surface area (Å²) >= 11 is 0.959. The maximum atomic E-state index is 11.7. The third-order valence-electron chi connectivity index (χ3n) is 5.59. The van der Waals surface area contributed by atoms with Crippen LogP contribution in [-0.4, -0.2) is 22.1 Å². The number of ether oxygens (including phenoxy) is 1. The zero-order chi connectivity index (χ0) is 22.7. The minimum Gasteiger partial charge on any atom is -0.406 e. The molecule has 1 aliphatic carbocycles. The van der Waals surface area contributed by atoms with Crippen LogP contribution in [0, 0.1) is 0 Å². The van der Waals surface area contributed by atoms with Crippen molar-refractivity contribution in [2.24, 2.45) is 5.14 Å². The fraction of sp³-hybridized carbons (Fsp3) is 0.250. The molecule has 0 spiro atoms. The molecule has 1 fully saturated rings. The number of aliphatic hydroxyl groups excluding tert-OH is 1. The molecule has 1 heterocycles. The second kappa shape index (κ2) is 9.44. The Kier molecular flexibility index (Phi) is 6.64. The number of rotatable bonds is 3. The number of halogens is 3. The van der Waals surface area contributed by atoms with Gasteiger partial charge in [0.15, 0.2) is 0 Å². The molecule has 0 unspecified atom stereocenters. The van der Waals surface area contributed by atoms with Crippen LogP contribution in [0.4, 0.5) is 13.2 Å². The highest BCUT2D eigenvalue weighted by atomic mass is 32.2. The molecule has 1 saturated carbocycles. The number of alkyl halides is 3. The second-order valence-corrected chi connectivity index (χ2v) is 8.31. The van der Waals surface area contributed by atoms with Crippen molar-refractivity contribution in [3.05, 3.63) is 72.8 Å². The third kappa shape index (κ3) is 4.87. The fourth-order valence-corrected chi connectivity index (χ4v) is 4.55. The first-order valence-corrected chi connectivity index (χ1v) is 11.1. The predicted molar refractivity (Wildman–Crippen MR) is 122 cm³/mol. The number of nitrogens with zero attached hydrogens (tertiary/aromatic N) is 1. The Bertz CT molecular complexity index is 1140. The molecule has 2 atom stereocenters. The molecule has 1 aliphatic rings. The zero-order valence-corrected chi connectivity index (χ0v) is 17.9. The van der Waals surface area contributed by atoms with Crippen molar-refractivity contribution >= 4 is 33.8 Å². The second-order valence-electron chi connectivity index (χ2n) is 7.61. The normalized spacial score (nSPS) is 18.5. The fourth-order valence-electron chi connectivity index (χ4n) is 4.25. The van der Waals surface area contributed by atoms with Crippen LogP contribution < -0.4 is 9.88 Å². The van der Waals surface area contributed by atoms with Gasteiger partial charge in [-0.3, -0.25) is 5.14 Å². The first kappa shape index (κ1) is 22.5. The first-order chi connectivity index (χ1) is 15.4. The van der Waals surface area contributed by atoms with E-state index in [9.17, 15) is 18.3 Å². The minimum absolute atomic E-state index is 0.209.